The lowest BCUT2D eigenvalue weighted by atomic mass is 10.2. The Hall–Kier alpha value is -1.96. The van der Waals surface area contributed by atoms with Gasteiger partial charge in [0.1, 0.15) is 11.3 Å². The van der Waals surface area contributed by atoms with Crippen LogP contribution in [-0.2, 0) is 16.6 Å². The molecule has 2 heterocycles. The highest BCUT2D eigenvalue weighted by molar-refractivity contribution is 7.89. The second-order valence-electron chi connectivity index (χ2n) is 6.88. The zero-order valence-electron chi connectivity index (χ0n) is 15.2. The molecule has 0 spiro atoms. The van der Waals surface area contributed by atoms with Crippen LogP contribution in [0.15, 0.2) is 41.4 Å². The van der Waals surface area contributed by atoms with Crippen molar-refractivity contribution in [3.63, 3.8) is 0 Å². The van der Waals surface area contributed by atoms with E-state index in [4.69, 9.17) is 11.6 Å². The van der Waals surface area contributed by atoms with Crippen LogP contribution in [0.2, 0.25) is 5.02 Å². The van der Waals surface area contributed by atoms with Gasteiger partial charge in [-0.15, -0.1) is 0 Å². The highest BCUT2D eigenvalue weighted by atomic mass is 35.5. The van der Waals surface area contributed by atoms with Gasteiger partial charge in [-0.2, -0.15) is 0 Å². The Balaban J connectivity index is 1.67. The minimum atomic E-state index is -3.68. The monoisotopic (exact) mass is 404 g/mol. The van der Waals surface area contributed by atoms with Crippen LogP contribution in [-0.4, -0.2) is 23.0 Å². The van der Waals surface area contributed by atoms with Crippen molar-refractivity contribution >= 4 is 32.7 Å². The van der Waals surface area contributed by atoms with E-state index in [-0.39, 0.29) is 4.90 Å². The first-order valence-electron chi connectivity index (χ1n) is 9.03. The lowest BCUT2D eigenvalue weighted by molar-refractivity contribution is 0.549. The molecule has 0 saturated heterocycles. The van der Waals surface area contributed by atoms with Crippen molar-refractivity contribution in [3.8, 4) is 0 Å². The van der Waals surface area contributed by atoms with Crippen molar-refractivity contribution in [2.75, 3.05) is 0 Å². The van der Waals surface area contributed by atoms with Crippen molar-refractivity contribution in [1.29, 1.82) is 0 Å². The predicted molar refractivity (Wildman–Crippen MR) is 105 cm³/mol. The third-order valence-electron chi connectivity index (χ3n) is 4.84. The van der Waals surface area contributed by atoms with Gasteiger partial charge in [0.05, 0.1) is 22.7 Å². The maximum absolute atomic E-state index is 12.7. The minimum Gasteiger partial charge on any atom is -0.327 e. The zero-order chi connectivity index (χ0) is 19.2. The molecular formula is C19H21ClN4O2S. The molecule has 0 unspecified atom stereocenters. The fourth-order valence-electron chi connectivity index (χ4n) is 3.30. The molecule has 4 rings (SSSR count). The largest absolute Gasteiger partial charge is 0.327 e. The first-order valence-corrected chi connectivity index (χ1v) is 10.9. The van der Waals surface area contributed by atoms with Gasteiger partial charge in [0, 0.05) is 23.2 Å². The van der Waals surface area contributed by atoms with E-state index in [1.165, 1.54) is 25.0 Å². The zero-order valence-corrected chi connectivity index (χ0v) is 16.8. The van der Waals surface area contributed by atoms with Crippen LogP contribution in [0.5, 0.6) is 0 Å². The van der Waals surface area contributed by atoms with E-state index in [2.05, 4.69) is 25.3 Å². The maximum atomic E-state index is 12.7. The number of fused-ring (bicyclic) bond motifs is 1. The number of sulfonamides is 1. The standard InChI is InChI=1S/C19H21ClN4O2S/c1-3-24-18-10-16(13-4-5-13)21-11-17(18)22-19(24)12(2)23-27(25,26)15-8-6-14(20)7-9-15/h6-13,23H,3-5H2,1-2H3/t12-/m1/s1. The average Bonchev–Trinajstić information content (AvgIpc) is 3.41. The number of benzene rings is 1. The summed E-state index contributed by atoms with van der Waals surface area (Å²) in [6.45, 7) is 4.53. The molecule has 0 amide bonds. The topological polar surface area (TPSA) is 76.9 Å². The quantitative estimate of drug-likeness (QED) is 0.673. The normalized spacial score (nSPS) is 16.0. The fraction of sp³-hybridized carbons (Fsp3) is 0.368. The van der Waals surface area contributed by atoms with Crippen molar-refractivity contribution < 1.29 is 8.42 Å². The van der Waals surface area contributed by atoms with Gasteiger partial charge in [0.25, 0.3) is 0 Å². The van der Waals surface area contributed by atoms with Gasteiger partial charge in [-0.3, -0.25) is 4.98 Å². The number of pyridine rings is 1. The van der Waals surface area contributed by atoms with E-state index in [0.29, 0.717) is 23.3 Å². The molecule has 0 aliphatic heterocycles. The first-order chi connectivity index (χ1) is 12.9. The smallest absolute Gasteiger partial charge is 0.241 e. The molecule has 1 aromatic carbocycles. The number of imidazole rings is 1. The van der Waals surface area contributed by atoms with Crippen molar-refractivity contribution in [2.24, 2.45) is 0 Å². The summed E-state index contributed by atoms with van der Waals surface area (Å²) in [4.78, 5) is 9.35. The summed E-state index contributed by atoms with van der Waals surface area (Å²) in [7, 11) is -3.68. The summed E-state index contributed by atoms with van der Waals surface area (Å²) < 4.78 is 30.2. The minimum absolute atomic E-state index is 0.176. The van der Waals surface area contributed by atoms with Gasteiger partial charge in [0.15, 0.2) is 0 Å². The van der Waals surface area contributed by atoms with E-state index in [9.17, 15) is 8.42 Å². The molecular weight excluding hydrogens is 384 g/mol. The van der Waals surface area contributed by atoms with Crippen LogP contribution in [0.25, 0.3) is 11.0 Å². The van der Waals surface area contributed by atoms with Gasteiger partial charge in [-0.05, 0) is 57.0 Å². The Morgan fingerprint density at radius 2 is 2.00 bits per heavy atom. The van der Waals surface area contributed by atoms with E-state index in [0.717, 1.165) is 16.7 Å². The molecule has 1 fully saturated rings. The number of aromatic nitrogens is 3. The molecule has 1 aliphatic rings. The van der Waals surface area contributed by atoms with Gasteiger partial charge >= 0.3 is 0 Å². The lowest BCUT2D eigenvalue weighted by Crippen LogP contribution is -2.28. The van der Waals surface area contributed by atoms with Crippen LogP contribution >= 0.6 is 11.6 Å². The number of nitrogens with one attached hydrogen (secondary N) is 1. The van der Waals surface area contributed by atoms with Crippen LogP contribution in [0.4, 0.5) is 0 Å². The summed E-state index contributed by atoms with van der Waals surface area (Å²) >= 11 is 5.85. The lowest BCUT2D eigenvalue weighted by Gasteiger charge is -2.15. The summed E-state index contributed by atoms with van der Waals surface area (Å²) in [6, 6.07) is 7.72. The molecule has 0 bridgehead atoms. The highest BCUT2D eigenvalue weighted by Gasteiger charge is 2.27. The molecule has 3 aromatic rings. The molecule has 1 atom stereocenters. The van der Waals surface area contributed by atoms with Crippen LogP contribution in [0.3, 0.4) is 0 Å². The highest BCUT2D eigenvalue weighted by Crippen LogP contribution is 2.39. The number of rotatable bonds is 6. The summed E-state index contributed by atoms with van der Waals surface area (Å²) in [5.41, 5.74) is 2.88. The fourth-order valence-corrected chi connectivity index (χ4v) is 4.62. The number of hydrogen-bond donors (Lipinski definition) is 1. The molecule has 0 radical (unpaired) electrons. The Morgan fingerprint density at radius 3 is 2.63 bits per heavy atom. The SMILES string of the molecule is CCn1c([C@@H](C)NS(=O)(=O)c2ccc(Cl)cc2)nc2cnc(C3CC3)cc21. The maximum Gasteiger partial charge on any atom is 0.241 e. The molecule has 1 aliphatic carbocycles. The van der Waals surface area contributed by atoms with Crippen LogP contribution in [0.1, 0.15) is 50.2 Å². The first kappa shape index (κ1) is 18.4. The molecule has 6 nitrogen and oxygen atoms in total. The van der Waals surface area contributed by atoms with E-state index >= 15 is 0 Å². The number of halogens is 1. The second-order valence-corrected chi connectivity index (χ2v) is 9.03. The van der Waals surface area contributed by atoms with Crippen molar-refractivity contribution in [3.05, 3.63) is 53.1 Å². The van der Waals surface area contributed by atoms with Crippen molar-refractivity contribution in [1.82, 2.24) is 19.3 Å². The molecule has 1 saturated carbocycles. The van der Waals surface area contributed by atoms with E-state index < -0.39 is 16.1 Å². The summed E-state index contributed by atoms with van der Waals surface area (Å²) in [6.07, 6.45) is 4.16. The second kappa shape index (κ2) is 6.89. The molecule has 8 heteroatoms. The summed E-state index contributed by atoms with van der Waals surface area (Å²) in [5, 5.41) is 0.494. The van der Waals surface area contributed by atoms with Gasteiger partial charge in [-0.25, -0.2) is 18.1 Å². The van der Waals surface area contributed by atoms with Gasteiger partial charge in [-0.1, -0.05) is 11.6 Å². The van der Waals surface area contributed by atoms with E-state index in [1.807, 2.05) is 6.92 Å². The Morgan fingerprint density at radius 1 is 1.30 bits per heavy atom. The Labute approximate surface area is 163 Å². The van der Waals surface area contributed by atoms with Crippen LogP contribution in [0, 0.1) is 0 Å². The van der Waals surface area contributed by atoms with E-state index in [1.54, 1.807) is 25.3 Å². The molecule has 27 heavy (non-hydrogen) atoms. The van der Waals surface area contributed by atoms with Gasteiger partial charge < -0.3 is 4.57 Å². The van der Waals surface area contributed by atoms with Gasteiger partial charge in [0.2, 0.25) is 10.0 Å². The number of nitrogens with zero attached hydrogens (tertiary/aromatic N) is 3. The Kier molecular flexibility index (Phi) is 4.70. The van der Waals surface area contributed by atoms with Crippen LogP contribution < -0.4 is 4.72 Å². The average molecular weight is 405 g/mol. The third-order valence-corrected chi connectivity index (χ3v) is 6.65. The summed E-state index contributed by atoms with van der Waals surface area (Å²) in [5.74, 6) is 1.23. The predicted octanol–water partition coefficient (Wildman–Crippen LogP) is 4.02. The third kappa shape index (κ3) is 3.59. The number of aryl methyl sites for hydroxylation is 1. The molecule has 1 N–H and O–H groups in total. The molecule has 2 aromatic heterocycles. The number of hydrogen-bond acceptors (Lipinski definition) is 4. The van der Waals surface area contributed by atoms with Crippen molar-refractivity contribution in [2.45, 2.75) is 50.1 Å². The molecule has 142 valence electrons. The Bertz CT molecular complexity index is 1090.